The van der Waals surface area contributed by atoms with Crippen LogP contribution >= 0.6 is 23.5 Å². The SMILES string of the molecule is CCSCn1cc[n+](CSCC)c1C. The summed E-state index contributed by atoms with van der Waals surface area (Å²) in [6, 6.07) is 0. The Balaban J connectivity index is 2.55. The molecule has 0 aliphatic heterocycles. The van der Waals surface area contributed by atoms with Gasteiger partial charge in [-0.25, -0.2) is 9.13 Å². The van der Waals surface area contributed by atoms with E-state index in [1.807, 2.05) is 23.5 Å². The minimum Gasteiger partial charge on any atom is -0.225 e. The van der Waals surface area contributed by atoms with E-state index < -0.39 is 0 Å². The van der Waals surface area contributed by atoms with Crippen LogP contribution in [0.3, 0.4) is 0 Å². The average Bonchev–Trinajstić information content (AvgIpc) is 2.54. The molecule has 0 aliphatic carbocycles. The van der Waals surface area contributed by atoms with Crippen LogP contribution in [0.2, 0.25) is 0 Å². The van der Waals surface area contributed by atoms with Gasteiger partial charge in [-0.15, -0.1) is 23.5 Å². The van der Waals surface area contributed by atoms with Crippen molar-refractivity contribution in [3.05, 3.63) is 18.2 Å². The Labute approximate surface area is 95.1 Å². The third-order valence-electron chi connectivity index (χ3n) is 2.13. The number of aromatic nitrogens is 2. The predicted molar refractivity (Wildman–Crippen MR) is 65.6 cm³/mol. The zero-order chi connectivity index (χ0) is 10.4. The summed E-state index contributed by atoms with van der Waals surface area (Å²) in [5, 5.41) is 0. The minimum atomic E-state index is 1.08. The molecule has 1 heterocycles. The van der Waals surface area contributed by atoms with Gasteiger partial charge in [-0.2, -0.15) is 0 Å². The first-order valence-corrected chi connectivity index (χ1v) is 7.31. The molecule has 0 aromatic carbocycles. The lowest BCUT2D eigenvalue weighted by atomic mass is 10.7. The van der Waals surface area contributed by atoms with Crippen LogP contribution in [0, 0.1) is 6.92 Å². The maximum Gasteiger partial charge on any atom is 0.254 e. The highest BCUT2D eigenvalue weighted by Gasteiger charge is 2.10. The van der Waals surface area contributed by atoms with Crippen molar-refractivity contribution < 1.29 is 4.57 Å². The Bertz CT molecular complexity index is 246. The quantitative estimate of drug-likeness (QED) is 0.696. The molecule has 0 atom stereocenters. The molecule has 0 saturated heterocycles. The third kappa shape index (κ3) is 3.24. The molecular formula is C10H19N2S2+. The fourth-order valence-corrected chi connectivity index (χ4v) is 2.50. The van der Waals surface area contributed by atoms with Crippen LogP contribution in [0.1, 0.15) is 19.7 Å². The molecule has 0 aliphatic rings. The Morgan fingerprint density at radius 2 is 2.00 bits per heavy atom. The molecule has 1 rings (SSSR count). The molecule has 2 nitrogen and oxygen atoms in total. The highest BCUT2D eigenvalue weighted by atomic mass is 32.2. The summed E-state index contributed by atoms with van der Waals surface area (Å²) >= 11 is 3.91. The second-order valence-electron chi connectivity index (χ2n) is 3.03. The van der Waals surface area contributed by atoms with Crippen LogP contribution < -0.4 is 4.57 Å². The van der Waals surface area contributed by atoms with Crippen molar-refractivity contribution in [2.24, 2.45) is 0 Å². The molecule has 0 bridgehead atoms. The largest absolute Gasteiger partial charge is 0.254 e. The summed E-state index contributed by atoms with van der Waals surface area (Å²) in [4.78, 5) is 0. The van der Waals surface area contributed by atoms with Crippen molar-refractivity contribution in [1.82, 2.24) is 4.57 Å². The Morgan fingerprint density at radius 1 is 1.29 bits per heavy atom. The van der Waals surface area contributed by atoms with Gasteiger partial charge in [0.05, 0.1) is 0 Å². The van der Waals surface area contributed by atoms with Crippen LogP contribution in [0.4, 0.5) is 0 Å². The van der Waals surface area contributed by atoms with E-state index in [0.29, 0.717) is 0 Å². The molecule has 0 unspecified atom stereocenters. The van der Waals surface area contributed by atoms with Gasteiger partial charge in [-0.3, -0.25) is 0 Å². The molecule has 0 N–H and O–H groups in total. The number of hydrogen-bond donors (Lipinski definition) is 0. The summed E-state index contributed by atoms with van der Waals surface area (Å²) in [6.07, 6.45) is 4.35. The van der Waals surface area contributed by atoms with Gasteiger partial charge in [0.2, 0.25) is 0 Å². The molecule has 1 aromatic rings. The molecule has 0 saturated carbocycles. The lowest BCUT2D eigenvalue weighted by Gasteiger charge is -1.99. The van der Waals surface area contributed by atoms with Crippen LogP contribution in [-0.4, -0.2) is 16.1 Å². The Kier molecular flexibility index (Phi) is 5.48. The highest BCUT2D eigenvalue weighted by molar-refractivity contribution is 7.98. The molecule has 1 aromatic heterocycles. The van der Waals surface area contributed by atoms with Gasteiger partial charge < -0.3 is 0 Å². The van der Waals surface area contributed by atoms with Crippen LogP contribution in [0.15, 0.2) is 12.4 Å². The van der Waals surface area contributed by atoms with E-state index in [1.165, 1.54) is 17.3 Å². The number of thioether (sulfide) groups is 2. The van der Waals surface area contributed by atoms with E-state index in [4.69, 9.17) is 0 Å². The highest BCUT2D eigenvalue weighted by Crippen LogP contribution is 2.06. The van der Waals surface area contributed by atoms with E-state index in [2.05, 4.69) is 42.3 Å². The van der Waals surface area contributed by atoms with Gasteiger partial charge in [-0.05, 0) is 11.5 Å². The van der Waals surface area contributed by atoms with Crippen molar-refractivity contribution in [3.8, 4) is 0 Å². The van der Waals surface area contributed by atoms with E-state index in [-0.39, 0.29) is 0 Å². The van der Waals surface area contributed by atoms with Crippen LogP contribution in [-0.2, 0) is 11.8 Å². The fourth-order valence-electron chi connectivity index (χ4n) is 1.19. The number of nitrogens with zero attached hydrogens (tertiary/aromatic N) is 2. The lowest BCUT2D eigenvalue weighted by molar-refractivity contribution is -0.681. The van der Waals surface area contributed by atoms with Crippen molar-refractivity contribution in [1.29, 1.82) is 0 Å². The number of rotatable bonds is 6. The molecule has 14 heavy (non-hydrogen) atoms. The van der Waals surface area contributed by atoms with Gasteiger partial charge >= 0.3 is 0 Å². The summed E-state index contributed by atoms with van der Waals surface area (Å²) in [6.45, 7) is 6.58. The first kappa shape index (κ1) is 12.0. The van der Waals surface area contributed by atoms with Crippen molar-refractivity contribution in [3.63, 3.8) is 0 Å². The summed E-state index contributed by atoms with van der Waals surface area (Å²) in [7, 11) is 0. The van der Waals surface area contributed by atoms with Crippen LogP contribution in [0.5, 0.6) is 0 Å². The molecule has 80 valence electrons. The van der Waals surface area contributed by atoms with Gasteiger partial charge in [0.15, 0.2) is 0 Å². The zero-order valence-corrected chi connectivity index (χ0v) is 10.8. The van der Waals surface area contributed by atoms with Gasteiger partial charge in [0.1, 0.15) is 24.1 Å². The van der Waals surface area contributed by atoms with E-state index >= 15 is 0 Å². The first-order valence-electron chi connectivity index (χ1n) is 5.00. The van der Waals surface area contributed by atoms with Crippen molar-refractivity contribution in [2.75, 3.05) is 11.5 Å². The number of hydrogen-bond acceptors (Lipinski definition) is 2. The summed E-state index contributed by atoms with van der Waals surface area (Å²) < 4.78 is 4.62. The molecule has 0 amide bonds. The van der Waals surface area contributed by atoms with E-state index in [0.717, 1.165) is 11.8 Å². The van der Waals surface area contributed by atoms with Gasteiger partial charge in [-0.1, -0.05) is 13.8 Å². The maximum atomic E-state index is 2.31. The van der Waals surface area contributed by atoms with Gasteiger partial charge in [0.25, 0.3) is 5.82 Å². The minimum absolute atomic E-state index is 1.08. The lowest BCUT2D eigenvalue weighted by Crippen LogP contribution is -2.34. The second kappa shape index (κ2) is 6.40. The smallest absolute Gasteiger partial charge is 0.225 e. The predicted octanol–water partition coefficient (Wildman–Crippen LogP) is 2.51. The van der Waals surface area contributed by atoms with Crippen molar-refractivity contribution in [2.45, 2.75) is 32.5 Å². The normalized spacial score (nSPS) is 10.8. The Morgan fingerprint density at radius 3 is 2.64 bits per heavy atom. The third-order valence-corrected chi connectivity index (χ3v) is 3.86. The molecule has 0 radical (unpaired) electrons. The standard InChI is InChI=1S/C10H19N2S2/c1-4-13-8-11-6-7-12(10(11)3)9-14-5-2/h6-7H,4-5,8-9H2,1-3H3/q+1. The second-order valence-corrected chi connectivity index (χ2v) is 5.52. The molecule has 0 spiro atoms. The monoisotopic (exact) mass is 231 g/mol. The average molecular weight is 231 g/mol. The van der Waals surface area contributed by atoms with Gasteiger partial charge in [0, 0.05) is 6.92 Å². The first-order chi connectivity index (χ1) is 6.79. The molecule has 0 fully saturated rings. The van der Waals surface area contributed by atoms with E-state index in [1.54, 1.807) is 0 Å². The van der Waals surface area contributed by atoms with Crippen molar-refractivity contribution >= 4 is 23.5 Å². The summed E-state index contributed by atoms with van der Waals surface area (Å²) in [5.74, 6) is 5.87. The number of imidazole rings is 1. The Hall–Kier alpha value is -0.0900. The zero-order valence-electron chi connectivity index (χ0n) is 9.19. The molecule has 4 heteroatoms. The summed E-state index contributed by atoms with van der Waals surface area (Å²) in [5.41, 5.74) is 0. The fraction of sp³-hybridized carbons (Fsp3) is 0.700. The van der Waals surface area contributed by atoms with Crippen LogP contribution in [0.25, 0.3) is 0 Å². The van der Waals surface area contributed by atoms with E-state index in [9.17, 15) is 0 Å². The maximum absolute atomic E-state index is 2.31. The molecular weight excluding hydrogens is 212 g/mol. The topological polar surface area (TPSA) is 8.81 Å².